The van der Waals surface area contributed by atoms with Crippen molar-refractivity contribution in [2.24, 2.45) is 0 Å². The van der Waals surface area contributed by atoms with Gasteiger partial charge in [0.05, 0.1) is 11.3 Å². The number of aromatic nitrogens is 2. The zero-order valence-electron chi connectivity index (χ0n) is 8.28. The molecule has 0 saturated carbocycles. The van der Waals surface area contributed by atoms with E-state index >= 15 is 0 Å². The summed E-state index contributed by atoms with van der Waals surface area (Å²) in [6.45, 7) is 1.88. The van der Waals surface area contributed by atoms with E-state index < -0.39 is 0 Å². The molecular formula is C11H10N4. The van der Waals surface area contributed by atoms with Crippen LogP contribution in [0.4, 0.5) is 5.69 Å². The molecule has 4 nitrogen and oxygen atoms in total. The van der Waals surface area contributed by atoms with Crippen molar-refractivity contribution < 1.29 is 0 Å². The van der Waals surface area contributed by atoms with Crippen LogP contribution >= 0.6 is 0 Å². The first-order chi connectivity index (χ1) is 7.20. The summed E-state index contributed by atoms with van der Waals surface area (Å²) in [7, 11) is 0. The van der Waals surface area contributed by atoms with Crippen molar-refractivity contribution in [3.05, 3.63) is 35.8 Å². The molecule has 0 aliphatic rings. The van der Waals surface area contributed by atoms with Gasteiger partial charge in [0.1, 0.15) is 11.9 Å². The Hall–Kier alpha value is -2.28. The minimum absolute atomic E-state index is 0.480. The van der Waals surface area contributed by atoms with Crippen molar-refractivity contribution in [2.75, 3.05) is 5.73 Å². The minimum atomic E-state index is 0.480. The number of benzene rings is 1. The lowest BCUT2D eigenvalue weighted by molar-refractivity contribution is 1.15. The number of nitrogens with one attached hydrogen (secondary N) is 1. The first-order valence-corrected chi connectivity index (χ1v) is 4.52. The number of rotatable bonds is 1. The Morgan fingerprint density at radius 1 is 1.47 bits per heavy atom. The number of anilines is 1. The maximum atomic E-state index is 8.84. The Balaban J connectivity index is 2.51. The lowest BCUT2D eigenvalue weighted by Crippen LogP contribution is -1.90. The Morgan fingerprint density at radius 2 is 2.27 bits per heavy atom. The largest absolute Gasteiger partial charge is 0.398 e. The maximum absolute atomic E-state index is 8.84. The second kappa shape index (κ2) is 3.46. The third-order valence-electron chi connectivity index (χ3n) is 2.18. The summed E-state index contributed by atoms with van der Waals surface area (Å²) in [4.78, 5) is 7.27. The average Bonchev–Trinajstić information content (AvgIpc) is 2.66. The fraction of sp³-hybridized carbons (Fsp3) is 0.0909. The highest BCUT2D eigenvalue weighted by molar-refractivity contribution is 5.67. The first-order valence-electron chi connectivity index (χ1n) is 4.52. The van der Waals surface area contributed by atoms with Crippen LogP contribution in [0.3, 0.4) is 0 Å². The van der Waals surface area contributed by atoms with Crippen molar-refractivity contribution in [3.8, 4) is 17.3 Å². The van der Waals surface area contributed by atoms with Gasteiger partial charge in [0.15, 0.2) is 0 Å². The van der Waals surface area contributed by atoms with Crippen LogP contribution in [0.15, 0.2) is 24.4 Å². The smallest absolute Gasteiger partial charge is 0.103 e. The van der Waals surface area contributed by atoms with Gasteiger partial charge in [-0.15, -0.1) is 0 Å². The van der Waals surface area contributed by atoms with Crippen LogP contribution in [0.1, 0.15) is 11.4 Å². The molecular weight excluding hydrogens is 188 g/mol. The number of nitrogens with two attached hydrogens (primary N) is 1. The van der Waals surface area contributed by atoms with Crippen LogP contribution in [0.25, 0.3) is 11.3 Å². The number of H-pyrrole nitrogens is 1. The van der Waals surface area contributed by atoms with Gasteiger partial charge in [-0.3, -0.25) is 0 Å². The van der Waals surface area contributed by atoms with E-state index in [4.69, 9.17) is 11.0 Å². The van der Waals surface area contributed by atoms with Gasteiger partial charge in [0.2, 0.25) is 0 Å². The van der Waals surface area contributed by atoms with E-state index in [-0.39, 0.29) is 0 Å². The lowest BCUT2D eigenvalue weighted by Gasteiger charge is -2.00. The molecule has 74 valence electrons. The number of hydrogen-bond donors (Lipinski definition) is 2. The molecule has 0 bridgehead atoms. The molecule has 0 fully saturated rings. The molecule has 0 saturated heterocycles. The molecule has 2 aromatic rings. The molecule has 15 heavy (non-hydrogen) atoms. The Morgan fingerprint density at radius 3 is 2.87 bits per heavy atom. The SMILES string of the molecule is Cc1nc(-c2ccc(N)c(C#N)c2)c[nH]1. The second-order valence-electron chi connectivity index (χ2n) is 3.28. The highest BCUT2D eigenvalue weighted by atomic mass is 14.9. The summed E-state index contributed by atoms with van der Waals surface area (Å²) in [5.74, 6) is 0.848. The normalized spacial score (nSPS) is 9.87. The summed E-state index contributed by atoms with van der Waals surface area (Å²) in [6.07, 6.45) is 1.81. The van der Waals surface area contributed by atoms with E-state index in [0.717, 1.165) is 17.1 Å². The molecule has 0 amide bonds. The molecule has 4 heteroatoms. The number of aryl methyl sites for hydroxylation is 1. The van der Waals surface area contributed by atoms with Crippen molar-refractivity contribution in [1.82, 2.24) is 9.97 Å². The number of imidazole rings is 1. The third kappa shape index (κ3) is 1.67. The summed E-state index contributed by atoms with van der Waals surface area (Å²) in [5, 5.41) is 8.84. The number of nitrogen functional groups attached to an aromatic ring is 1. The van der Waals surface area contributed by atoms with Crippen LogP contribution in [0, 0.1) is 18.3 Å². The molecule has 3 N–H and O–H groups in total. The summed E-state index contributed by atoms with van der Waals surface area (Å²) < 4.78 is 0. The molecule has 1 aromatic heterocycles. The van der Waals surface area contributed by atoms with Crippen molar-refractivity contribution in [1.29, 1.82) is 5.26 Å². The standard InChI is InChI=1S/C11H10N4/c1-7-14-6-11(15-7)8-2-3-10(13)9(4-8)5-12/h2-4,6H,13H2,1H3,(H,14,15). The lowest BCUT2D eigenvalue weighted by atomic mass is 10.1. The molecule has 0 unspecified atom stereocenters. The predicted molar refractivity (Wildman–Crippen MR) is 57.9 cm³/mol. The molecule has 0 aliphatic carbocycles. The number of nitriles is 1. The number of hydrogen-bond acceptors (Lipinski definition) is 3. The highest BCUT2D eigenvalue weighted by Crippen LogP contribution is 2.21. The van der Waals surface area contributed by atoms with Gasteiger partial charge in [0.25, 0.3) is 0 Å². The quantitative estimate of drug-likeness (QED) is 0.686. The zero-order chi connectivity index (χ0) is 10.8. The van der Waals surface area contributed by atoms with Crippen molar-refractivity contribution >= 4 is 5.69 Å². The van der Waals surface area contributed by atoms with E-state index in [9.17, 15) is 0 Å². The van der Waals surface area contributed by atoms with Crippen molar-refractivity contribution in [2.45, 2.75) is 6.92 Å². The average molecular weight is 198 g/mol. The van der Waals surface area contributed by atoms with Gasteiger partial charge in [0, 0.05) is 17.4 Å². The van der Waals surface area contributed by atoms with Crippen LogP contribution in [-0.2, 0) is 0 Å². The molecule has 0 radical (unpaired) electrons. The molecule has 0 aliphatic heterocycles. The van der Waals surface area contributed by atoms with Gasteiger partial charge in [-0.25, -0.2) is 4.98 Å². The second-order valence-corrected chi connectivity index (χ2v) is 3.28. The molecule has 2 rings (SSSR count). The Kier molecular flexibility index (Phi) is 2.14. The minimum Gasteiger partial charge on any atom is -0.398 e. The molecule has 1 heterocycles. The van der Waals surface area contributed by atoms with Crippen LogP contribution in [0.2, 0.25) is 0 Å². The summed E-state index contributed by atoms with van der Waals surface area (Å²) >= 11 is 0. The van der Waals surface area contributed by atoms with Gasteiger partial charge in [-0.1, -0.05) is 6.07 Å². The monoisotopic (exact) mass is 198 g/mol. The topological polar surface area (TPSA) is 78.5 Å². The first kappa shape index (κ1) is 9.28. The zero-order valence-corrected chi connectivity index (χ0v) is 8.28. The number of nitrogens with zero attached hydrogens (tertiary/aromatic N) is 2. The van der Waals surface area contributed by atoms with Crippen LogP contribution in [0.5, 0.6) is 0 Å². The van der Waals surface area contributed by atoms with Gasteiger partial charge < -0.3 is 10.7 Å². The van der Waals surface area contributed by atoms with Crippen molar-refractivity contribution in [3.63, 3.8) is 0 Å². The van der Waals surface area contributed by atoms with Gasteiger partial charge >= 0.3 is 0 Å². The highest BCUT2D eigenvalue weighted by Gasteiger charge is 2.04. The molecule has 0 spiro atoms. The molecule has 1 aromatic carbocycles. The Bertz CT molecular complexity index is 534. The van der Waals surface area contributed by atoms with E-state index in [1.165, 1.54) is 0 Å². The van der Waals surface area contributed by atoms with E-state index in [0.29, 0.717) is 11.3 Å². The van der Waals surface area contributed by atoms with Gasteiger partial charge in [-0.05, 0) is 19.1 Å². The van der Waals surface area contributed by atoms with E-state index in [2.05, 4.69) is 9.97 Å². The number of aromatic amines is 1. The fourth-order valence-corrected chi connectivity index (χ4v) is 1.38. The van der Waals surface area contributed by atoms with E-state index in [1.807, 2.05) is 25.3 Å². The van der Waals surface area contributed by atoms with E-state index in [1.54, 1.807) is 12.1 Å². The van der Waals surface area contributed by atoms with Crippen LogP contribution < -0.4 is 5.73 Å². The summed E-state index contributed by atoms with van der Waals surface area (Å²) in [6, 6.07) is 7.36. The summed E-state index contributed by atoms with van der Waals surface area (Å²) in [5.41, 5.74) is 8.32. The fourth-order valence-electron chi connectivity index (χ4n) is 1.38. The van der Waals surface area contributed by atoms with Crippen LogP contribution in [-0.4, -0.2) is 9.97 Å². The Labute approximate surface area is 87.4 Å². The third-order valence-corrected chi connectivity index (χ3v) is 2.18. The maximum Gasteiger partial charge on any atom is 0.103 e. The predicted octanol–water partition coefficient (Wildman–Crippen LogP) is 1.84. The molecule has 0 atom stereocenters. The van der Waals surface area contributed by atoms with Gasteiger partial charge in [-0.2, -0.15) is 5.26 Å².